The van der Waals surface area contributed by atoms with E-state index in [1.165, 1.54) is 6.92 Å². The lowest BCUT2D eigenvalue weighted by Crippen LogP contribution is -1.97. The highest BCUT2D eigenvalue weighted by atomic mass is 16.5. The maximum Gasteiger partial charge on any atom is 0.303 e. The highest BCUT2D eigenvalue weighted by Gasteiger charge is 2.03. The van der Waals surface area contributed by atoms with Gasteiger partial charge in [0.25, 0.3) is 0 Å². The van der Waals surface area contributed by atoms with E-state index in [4.69, 9.17) is 4.74 Å². The van der Waals surface area contributed by atoms with Crippen molar-refractivity contribution in [3.05, 3.63) is 29.8 Å². The van der Waals surface area contributed by atoms with Gasteiger partial charge in [0.1, 0.15) is 11.9 Å². The van der Waals surface area contributed by atoms with Crippen LogP contribution in [0.25, 0.3) is 0 Å². The number of carbonyl (C=O) groups is 1. The number of hydrogen-bond acceptors (Lipinski definition) is 4. The van der Waals surface area contributed by atoms with Gasteiger partial charge in [-0.05, 0) is 35.5 Å². The number of rotatable bonds is 3. The van der Waals surface area contributed by atoms with E-state index in [-0.39, 0.29) is 6.61 Å². The van der Waals surface area contributed by atoms with Crippen LogP contribution in [0.1, 0.15) is 18.6 Å². The minimum atomic E-state index is -0.932. The van der Waals surface area contributed by atoms with Crippen molar-refractivity contribution in [2.75, 3.05) is 13.7 Å². The fourth-order valence-corrected chi connectivity index (χ4v) is 1.22. The molecule has 0 amide bonds. The van der Waals surface area contributed by atoms with Gasteiger partial charge < -0.3 is 14.6 Å². The van der Waals surface area contributed by atoms with E-state index < -0.39 is 12.1 Å². The summed E-state index contributed by atoms with van der Waals surface area (Å²) in [5.41, 5.74) is 0.633. The zero-order valence-electron chi connectivity index (χ0n) is 10.8. The summed E-state index contributed by atoms with van der Waals surface area (Å²) in [7, 11) is 1.55. The molecule has 1 rings (SSSR count). The van der Waals surface area contributed by atoms with E-state index in [0.717, 1.165) is 0 Å². The zero-order chi connectivity index (χ0) is 14.1. The van der Waals surface area contributed by atoms with E-state index in [2.05, 4.69) is 28.4 Å². The van der Waals surface area contributed by atoms with Gasteiger partial charge in [-0.1, -0.05) is 18.1 Å². The largest absolute Gasteiger partial charge is 0.497 e. The van der Waals surface area contributed by atoms with Crippen LogP contribution in [0.15, 0.2) is 24.3 Å². The number of ether oxygens (including phenoxy) is 2. The summed E-state index contributed by atoms with van der Waals surface area (Å²) in [5.74, 6) is 10.4. The molecular formula is C15H14O4. The molecule has 0 spiro atoms. The molecule has 0 saturated carbocycles. The molecule has 1 aromatic rings. The highest BCUT2D eigenvalue weighted by molar-refractivity contribution is 5.66. The predicted molar refractivity (Wildman–Crippen MR) is 70.1 cm³/mol. The Morgan fingerprint density at radius 3 is 2.89 bits per heavy atom. The normalized spacial score (nSPS) is 10.3. The molecule has 1 atom stereocenters. The Labute approximate surface area is 112 Å². The van der Waals surface area contributed by atoms with Crippen LogP contribution in [0.5, 0.6) is 5.75 Å². The first kappa shape index (κ1) is 14.6. The lowest BCUT2D eigenvalue weighted by atomic mass is 10.1. The molecule has 1 aromatic carbocycles. The number of carbonyl (C=O) groups excluding carboxylic acids is 1. The van der Waals surface area contributed by atoms with Gasteiger partial charge in [0, 0.05) is 6.92 Å². The van der Waals surface area contributed by atoms with Gasteiger partial charge >= 0.3 is 5.97 Å². The monoisotopic (exact) mass is 258 g/mol. The Balaban J connectivity index is 2.59. The zero-order valence-corrected chi connectivity index (χ0v) is 10.8. The van der Waals surface area contributed by atoms with Crippen LogP contribution in [0.4, 0.5) is 0 Å². The lowest BCUT2D eigenvalue weighted by Gasteiger charge is -2.05. The fraction of sp³-hybridized carbons (Fsp3) is 0.267. The Kier molecular flexibility index (Phi) is 6.02. The molecule has 0 radical (unpaired) electrons. The number of aliphatic hydroxyl groups excluding tert-OH is 1. The van der Waals surface area contributed by atoms with Crippen LogP contribution in [0.3, 0.4) is 0 Å². The molecule has 0 aromatic heterocycles. The van der Waals surface area contributed by atoms with Crippen LogP contribution < -0.4 is 4.74 Å². The Bertz CT molecular complexity index is 555. The first-order valence-corrected chi connectivity index (χ1v) is 5.57. The molecule has 0 saturated heterocycles. The lowest BCUT2D eigenvalue weighted by molar-refractivity contribution is -0.139. The topological polar surface area (TPSA) is 55.8 Å². The molecule has 4 heteroatoms. The molecule has 0 bridgehead atoms. The summed E-state index contributed by atoms with van der Waals surface area (Å²) in [6.07, 6.45) is -0.932. The average Bonchev–Trinajstić information content (AvgIpc) is 2.42. The first-order valence-electron chi connectivity index (χ1n) is 5.57. The standard InChI is InChI=1S/C15H14O4/c1-12(16)19-10-5-3-4-9-15(17)13-7-6-8-14(11-13)18-2/h6-8,11,15,17H,10H2,1-2H3/t15-/m1/s1. The minimum absolute atomic E-state index is 0.000726. The number of esters is 1. The Hall–Kier alpha value is -2.43. The summed E-state index contributed by atoms with van der Waals surface area (Å²) in [5, 5.41) is 9.80. The van der Waals surface area contributed by atoms with Gasteiger partial charge in [-0.15, -0.1) is 0 Å². The number of benzene rings is 1. The van der Waals surface area contributed by atoms with Gasteiger partial charge in [0.2, 0.25) is 0 Å². The summed E-state index contributed by atoms with van der Waals surface area (Å²) < 4.78 is 9.65. The molecular weight excluding hydrogens is 244 g/mol. The Morgan fingerprint density at radius 2 is 2.21 bits per heavy atom. The van der Waals surface area contributed by atoms with E-state index in [1.807, 2.05) is 0 Å². The summed E-state index contributed by atoms with van der Waals surface area (Å²) in [6, 6.07) is 6.99. The maximum atomic E-state index is 10.5. The average molecular weight is 258 g/mol. The van der Waals surface area contributed by atoms with Gasteiger partial charge in [-0.2, -0.15) is 0 Å². The van der Waals surface area contributed by atoms with Gasteiger partial charge in [-0.25, -0.2) is 0 Å². The van der Waals surface area contributed by atoms with Gasteiger partial charge in [-0.3, -0.25) is 4.79 Å². The molecule has 0 aliphatic heterocycles. The fourth-order valence-electron chi connectivity index (χ4n) is 1.22. The van der Waals surface area contributed by atoms with Crippen LogP contribution >= 0.6 is 0 Å². The predicted octanol–water partition coefficient (Wildman–Crippen LogP) is 1.30. The summed E-state index contributed by atoms with van der Waals surface area (Å²) in [4.78, 5) is 10.5. The maximum absolute atomic E-state index is 10.5. The van der Waals surface area contributed by atoms with Crippen LogP contribution in [-0.2, 0) is 9.53 Å². The molecule has 0 fully saturated rings. The van der Waals surface area contributed by atoms with Crippen LogP contribution in [0.2, 0.25) is 0 Å². The van der Waals surface area contributed by atoms with Crippen molar-refractivity contribution in [1.29, 1.82) is 0 Å². The van der Waals surface area contributed by atoms with Crippen molar-refractivity contribution in [1.82, 2.24) is 0 Å². The number of methoxy groups -OCH3 is 1. The van der Waals surface area contributed by atoms with Crippen LogP contribution in [-0.4, -0.2) is 24.8 Å². The van der Waals surface area contributed by atoms with Crippen molar-refractivity contribution in [2.24, 2.45) is 0 Å². The molecule has 0 aliphatic rings. The second kappa shape index (κ2) is 7.81. The van der Waals surface area contributed by atoms with Crippen molar-refractivity contribution in [3.63, 3.8) is 0 Å². The van der Waals surface area contributed by atoms with E-state index in [1.54, 1.807) is 31.4 Å². The molecule has 0 unspecified atom stereocenters. The molecule has 4 nitrogen and oxygen atoms in total. The third kappa shape index (κ3) is 5.63. The Morgan fingerprint density at radius 1 is 1.42 bits per heavy atom. The second-order valence-electron chi connectivity index (χ2n) is 3.53. The molecule has 19 heavy (non-hydrogen) atoms. The molecule has 1 N–H and O–H groups in total. The minimum Gasteiger partial charge on any atom is -0.497 e. The van der Waals surface area contributed by atoms with Gasteiger partial charge in [0.15, 0.2) is 6.61 Å². The summed E-state index contributed by atoms with van der Waals surface area (Å²) >= 11 is 0. The number of hydrogen-bond donors (Lipinski definition) is 1. The van der Waals surface area contributed by atoms with E-state index >= 15 is 0 Å². The van der Waals surface area contributed by atoms with E-state index in [9.17, 15) is 9.90 Å². The third-order valence-electron chi connectivity index (χ3n) is 2.12. The smallest absolute Gasteiger partial charge is 0.303 e. The molecule has 0 heterocycles. The quantitative estimate of drug-likeness (QED) is 0.656. The van der Waals surface area contributed by atoms with Gasteiger partial charge in [0.05, 0.1) is 7.11 Å². The first-order chi connectivity index (χ1) is 9.13. The van der Waals surface area contributed by atoms with Crippen molar-refractivity contribution < 1.29 is 19.4 Å². The van der Waals surface area contributed by atoms with Crippen molar-refractivity contribution in [2.45, 2.75) is 13.0 Å². The SMILES string of the molecule is COc1cccc([C@H](O)C#CC#CCOC(C)=O)c1. The molecule has 98 valence electrons. The van der Waals surface area contributed by atoms with Crippen molar-refractivity contribution in [3.8, 4) is 29.4 Å². The van der Waals surface area contributed by atoms with Crippen LogP contribution in [0, 0.1) is 23.7 Å². The third-order valence-corrected chi connectivity index (χ3v) is 2.12. The van der Waals surface area contributed by atoms with E-state index in [0.29, 0.717) is 11.3 Å². The second-order valence-corrected chi connectivity index (χ2v) is 3.53. The summed E-state index contributed by atoms with van der Waals surface area (Å²) in [6.45, 7) is 1.30. The molecule has 0 aliphatic carbocycles. The van der Waals surface area contributed by atoms with Crippen molar-refractivity contribution >= 4 is 5.97 Å². The number of aliphatic hydroxyl groups is 1. The highest BCUT2D eigenvalue weighted by Crippen LogP contribution is 2.18.